The monoisotopic (exact) mass is 1890 g/mol. The molecule has 1 unspecified atom stereocenters. The van der Waals surface area contributed by atoms with E-state index in [2.05, 4.69) is 241 Å². The molecule has 0 radical (unpaired) electrons. The van der Waals surface area contributed by atoms with Crippen molar-refractivity contribution in [2.45, 2.75) is 124 Å². The van der Waals surface area contributed by atoms with Crippen LogP contribution in [-0.2, 0) is 22.1 Å². The fourth-order valence-electron chi connectivity index (χ4n) is 18.4. The Kier molecular flexibility index (Phi) is 33.5. The van der Waals surface area contributed by atoms with Crippen LogP contribution < -0.4 is 71.8 Å². The standard InChI is InChI=1S/C59H51N5.C38H25FN4.C21H27N.3K.HO4P/c1-35-37(3)41(7)56-48(39(35)5)32-49-40(6)36(2)38(4)42(8)57(49)64(56)55-30-29-47(59-61-51(43-21-13-9-14-22-43)33-52(62-59)44-23-15-10-16-24-44)31-50(55)54-34-53(45-25-17-11-18-26-45)60-58(63-54)46-27-19-12-20-28-46;39-32-22-21-30(38-41-33(26-13-5-1-6-14-26)24-34(42-38)27-15-7-2-8-16-27)23-31(32)36-25-35(28-17-9-3-10-18-28)40-37(43-36)29-19-11-4-12-20-29;1-10-12(3)16(7)20-18(14(10)5)9-19-15(6)11(2)13(4)17(8)21(19)22-20;;;;1-4-5(2)3/h9-31,33-34H,32H2,1-8H3;1-25H;22H,9H2,1-8H3;;;;1H/q;;;;;+1;/p-1. The topological polar surface area (TPSA) is 191 Å². The molecule has 14 nitrogen and oxygen atoms in total. The zero-order chi connectivity index (χ0) is 95.9. The Morgan fingerprint density at radius 3 is 0.810 bits per heavy atom. The summed E-state index contributed by atoms with van der Waals surface area (Å²) in [5.41, 5.74) is 50.8. The first kappa shape index (κ1) is 101. The van der Waals surface area contributed by atoms with Gasteiger partial charge in [-0.2, -0.15) is 0 Å². The minimum absolute atomic E-state index is 0. The van der Waals surface area contributed by atoms with Crippen molar-refractivity contribution in [2.24, 2.45) is 0 Å². The molecule has 0 spiro atoms. The van der Waals surface area contributed by atoms with E-state index in [1.807, 2.05) is 170 Å². The maximum atomic E-state index is 15.6. The summed E-state index contributed by atoms with van der Waals surface area (Å²) in [5, 5.41) is 12.3. The normalized spacial score (nSPS) is 11.5. The van der Waals surface area contributed by atoms with Crippen LogP contribution in [0.5, 0.6) is 0 Å². The number of anilines is 5. The molecular weight excluding hydrogens is 1790 g/mol. The first-order chi connectivity index (χ1) is 65.8. The van der Waals surface area contributed by atoms with E-state index < -0.39 is 8.25 Å². The van der Waals surface area contributed by atoms with Crippen molar-refractivity contribution < 1.29 is 75.2 Å². The number of halogens is 1. The second-order valence-electron chi connectivity index (χ2n) is 34.7. The Labute approximate surface area is 892 Å². The van der Waals surface area contributed by atoms with E-state index in [0.29, 0.717) is 45.8 Å². The van der Waals surface area contributed by atoms with Gasteiger partial charge in [-0.05, 0) is 287 Å². The second kappa shape index (κ2) is 45.4. The number of nitrogens with zero attached hydrogens (tertiary/aromatic N) is 9. The molecule has 664 valence electrons. The molecule has 1 atom stereocenters. The van der Waals surface area contributed by atoms with Gasteiger partial charge in [0.1, 0.15) is 5.82 Å². The van der Waals surface area contributed by atoms with Gasteiger partial charge in [0.05, 0.1) is 62.6 Å². The van der Waals surface area contributed by atoms with Gasteiger partial charge in [-0.25, -0.2) is 48.9 Å². The second-order valence-corrected chi connectivity index (χ2v) is 35.3. The van der Waals surface area contributed by atoms with Gasteiger partial charge in [-0.15, -0.1) is 0 Å². The molecule has 2 aliphatic rings. The molecule has 0 aliphatic carbocycles. The first-order valence-corrected chi connectivity index (χ1v) is 63.2. The van der Waals surface area contributed by atoms with E-state index in [4.69, 9.17) is 54.6 Å². The molecule has 4 aromatic heterocycles. The third-order valence-electron chi connectivity index (χ3n) is 27.3. The van der Waals surface area contributed by atoms with Gasteiger partial charge < -0.3 is 20.4 Å². The van der Waals surface area contributed by atoms with Crippen molar-refractivity contribution in [1.29, 1.82) is 0 Å². The van der Waals surface area contributed by atoms with Crippen LogP contribution in [0.1, 0.15) is 111 Å². The first-order valence-electron chi connectivity index (χ1n) is 46.1. The molecule has 14 aromatic carbocycles. The third-order valence-corrected chi connectivity index (χ3v) is 27.4. The van der Waals surface area contributed by atoms with E-state index in [0.717, 1.165) is 108 Å². The molecule has 2 aliphatic heterocycles. The Bertz CT molecular complexity index is 7110. The Morgan fingerprint density at radius 1 is 0.285 bits per heavy atom. The summed E-state index contributed by atoms with van der Waals surface area (Å²) in [6, 6.07) is 101. The SMILES string of the molecule is Cc1c(C)c(C)c2c(c1C)Cc1c(C)c(C)c(C)c(C)c1N2.Cc1c(C)c(C)c2c(c1C)Cc1c(C)c(C)c(C)c(C)c1N2c1ccc(-c2nc(-c3ccccc3)cc(-c3ccccc3)n2)cc1-c1cc(-c2ccccc2)nc(-c2ccccc2)n1.Fc1ccc(-c2nc(-c3ccccc3)cc(-c3ccccc3)n2)cc1-c1cc(-c2ccccc2)nc(-c2ccccc2)n1.O=[P+]([O-])O[O-].[K+].[K][K]. The predicted octanol–water partition coefficient (Wildman–Crippen LogP) is 24.9. The molecule has 18 aromatic rings. The fourth-order valence-corrected chi connectivity index (χ4v) is 18.4. The summed E-state index contributed by atoms with van der Waals surface area (Å²) in [4.78, 5) is 52.3. The molecule has 0 bridgehead atoms. The number of rotatable bonds is 14. The van der Waals surface area contributed by atoms with Gasteiger partial charge in [0.15, 0.2) is 23.3 Å². The van der Waals surface area contributed by atoms with Crippen LogP contribution in [0.2, 0.25) is 0 Å². The summed E-state index contributed by atoms with van der Waals surface area (Å²) >= 11 is 2.50. The van der Waals surface area contributed by atoms with E-state index in [9.17, 15) is 0 Å². The Balaban J connectivity index is 0.000000167. The minimum atomic E-state index is -3.15. The van der Waals surface area contributed by atoms with Crippen molar-refractivity contribution in [3.05, 3.63) is 420 Å². The summed E-state index contributed by atoms with van der Waals surface area (Å²) in [6.07, 6.45) is 1.93. The van der Waals surface area contributed by atoms with Crippen molar-refractivity contribution >= 4 is 99.8 Å². The van der Waals surface area contributed by atoms with Gasteiger partial charge in [0.25, 0.3) is 0 Å². The molecule has 0 fully saturated rings. The Hall–Kier alpha value is -10.2. The van der Waals surface area contributed by atoms with E-state index in [1.165, 1.54) is 203 Å². The van der Waals surface area contributed by atoms with Crippen molar-refractivity contribution in [3.63, 3.8) is 0 Å². The zero-order valence-electron chi connectivity index (χ0n) is 81.3. The molecule has 137 heavy (non-hydrogen) atoms. The average molecular weight is 1890 g/mol. The quantitative estimate of drug-likeness (QED) is 0.0468. The van der Waals surface area contributed by atoms with E-state index in [1.54, 1.807) is 12.1 Å². The van der Waals surface area contributed by atoms with Crippen LogP contribution in [-0.4, -0.2) is 103 Å². The number of nitrogens with one attached hydrogen (secondary N) is 1. The number of benzene rings is 14. The maximum absolute atomic E-state index is 15.6. The molecular formula is C118H103FK3N10O4P. The van der Waals surface area contributed by atoms with Gasteiger partial charge in [-0.1, -0.05) is 243 Å². The van der Waals surface area contributed by atoms with Crippen LogP contribution in [0.25, 0.3) is 136 Å². The number of fused-ring (bicyclic) bond motifs is 4. The van der Waals surface area contributed by atoms with Crippen LogP contribution in [0.15, 0.2) is 303 Å². The predicted molar refractivity (Wildman–Crippen MR) is 553 cm³/mol. The number of hydrogen-bond acceptors (Lipinski definition) is 14. The Morgan fingerprint density at radius 2 is 0.511 bits per heavy atom. The van der Waals surface area contributed by atoms with Gasteiger partial charge in [-0.3, -0.25) is 0 Å². The zero-order valence-corrected chi connectivity index (χ0v) is 91.5. The summed E-state index contributed by atoms with van der Waals surface area (Å²) < 4.78 is 27.0. The molecule has 19 heteroatoms. The number of aromatic nitrogens is 8. The van der Waals surface area contributed by atoms with E-state index in [-0.39, 0.29) is 57.2 Å². The summed E-state index contributed by atoms with van der Waals surface area (Å²) in [7, 11) is -3.15. The summed E-state index contributed by atoms with van der Waals surface area (Å²) in [5.74, 6) is 1.95. The van der Waals surface area contributed by atoms with Crippen molar-refractivity contribution in [2.75, 3.05) is 10.2 Å². The summed E-state index contributed by atoms with van der Waals surface area (Å²) in [6.45, 7) is 36.4. The van der Waals surface area contributed by atoms with Crippen LogP contribution >= 0.6 is 8.25 Å². The van der Waals surface area contributed by atoms with Crippen molar-refractivity contribution in [3.8, 4) is 136 Å². The van der Waals surface area contributed by atoms with E-state index >= 15 is 4.39 Å². The third kappa shape index (κ3) is 21.7. The van der Waals surface area contributed by atoms with Crippen LogP contribution in [0.3, 0.4) is 0 Å². The van der Waals surface area contributed by atoms with Gasteiger partial charge >= 0.3 is 123 Å². The average Bonchev–Trinajstić information content (AvgIpc) is 0.709. The van der Waals surface area contributed by atoms with Gasteiger partial charge in [0, 0.05) is 91.0 Å². The molecule has 1 N–H and O–H groups in total. The van der Waals surface area contributed by atoms with Crippen LogP contribution in [0.4, 0.5) is 32.8 Å². The molecule has 6 heterocycles. The molecule has 0 amide bonds. The number of hydrogen-bond donors (Lipinski definition) is 1. The fraction of sp³-hybridized carbons (Fsp3) is 0.153. The molecule has 0 saturated carbocycles. The van der Waals surface area contributed by atoms with Crippen molar-refractivity contribution in [1.82, 2.24) is 39.9 Å². The van der Waals surface area contributed by atoms with Crippen LogP contribution in [0, 0.1) is 117 Å². The van der Waals surface area contributed by atoms with Gasteiger partial charge in [0.2, 0.25) is 0 Å². The molecule has 20 rings (SSSR count). The molecule has 0 saturated heterocycles.